The van der Waals surface area contributed by atoms with Gasteiger partial charge in [-0.1, -0.05) is 54.2 Å². The molecule has 0 aliphatic rings. The number of aromatic nitrogens is 3. The molecule has 0 radical (unpaired) electrons. The summed E-state index contributed by atoms with van der Waals surface area (Å²) in [5.41, 5.74) is 9.01. The van der Waals surface area contributed by atoms with E-state index in [4.69, 9.17) is 10.5 Å². The van der Waals surface area contributed by atoms with Gasteiger partial charge in [-0.15, -0.1) is 10.2 Å². The normalized spacial score (nSPS) is 10.7. The fraction of sp³-hybridized carbons (Fsp3) is 0.125. The Morgan fingerprint density at radius 2 is 1.81 bits per heavy atom. The van der Waals surface area contributed by atoms with E-state index >= 15 is 0 Å². The number of ether oxygens (including phenoxy) is 1. The van der Waals surface area contributed by atoms with Crippen LogP contribution in [0.25, 0.3) is 17.1 Å². The molecule has 4 rings (SSSR count). The molecule has 1 amide bonds. The third-order valence-corrected chi connectivity index (χ3v) is 5.51. The Kier molecular flexibility index (Phi) is 6.72. The summed E-state index contributed by atoms with van der Waals surface area (Å²) in [5.74, 6) is 1.32. The zero-order valence-corrected chi connectivity index (χ0v) is 18.4. The second-order valence-corrected chi connectivity index (χ2v) is 7.81. The predicted molar refractivity (Wildman–Crippen MR) is 128 cm³/mol. The summed E-state index contributed by atoms with van der Waals surface area (Å²) in [6, 6.07) is 24.7. The summed E-state index contributed by atoms with van der Waals surface area (Å²) < 4.78 is 7.51. The van der Waals surface area contributed by atoms with E-state index < -0.39 is 0 Å². The number of carbonyl (C=O) groups is 1. The molecule has 7 nitrogen and oxygen atoms in total. The molecule has 1 aromatic heterocycles. The second kappa shape index (κ2) is 10.0. The lowest BCUT2D eigenvalue weighted by Crippen LogP contribution is -2.15. The van der Waals surface area contributed by atoms with Crippen LogP contribution in [0.15, 0.2) is 84.0 Å². The molecule has 0 saturated carbocycles. The van der Waals surface area contributed by atoms with Gasteiger partial charge in [0, 0.05) is 16.9 Å². The van der Waals surface area contributed by atoms with Crippen LogP contribution in [-0.2, 0) is 4.79 Å². The van der Waals surface area contributed by atoms with Gasteiger partial charge in [-0.25, -0.2) is 0 Å². The van der Waals surface area contributed by atoms with Crippen LogP contribution in [0.2, 0.25) is 0 Å². The Morgan fingerprint density at radius 3 is 2.59 bits per heavy atom. The average Bonchev–Trinajstić information content (AvgIpc) is 3.24. The zero-order valence-electron chi connectivity index (χ0n) is 17.6. The molecule has 0 unspecified atom stereocenters. The monoisotopic (exact) mass is 445 g/mol. The fourth-order valence-corrected chi connectivity index (χ4v) is 3.96. The first-order chi connectivity index (χ1) is 15.7. The van der Waals surface area contributed by atoms with Crippen LogP contribution < -0.4 is 15.8 Å². The van der Waals surface area contributed by atoms with Gasteiger partial charge in [-0.2, -0.15) is 0 Å². The van der Waals surface area contributed by atoms with E-state index in [2.05, 4.69) is 15.5 Å². The van der Waals surface area contributed by atoms with Crippen molar-refractivity contribution in [3.63, 3.8) is 0 Å². The molecule has 0 aliphatic heterocycles. The number of anilines is 2. The number of nitrogens with one attached hydrogen (secondary N) is 1. The van der Waals surface area contributed by atoms with Crippen LogP contribution in [0, 0.1) is 0 Å². The first-order valence-corrected chi connectivity index (χ1v) is 11.2. The number of amides is 1. The topological polar surface area (TPSA) is 95.1 Å². The van der Waals surface area contributed by atoms with Crippen molar-refractivity contribution in [3.05, 3.63) is 78.9 Å². The molecule has 0 aliphatic carbocycles. The highest BCUT2D eigenvalue weighted by Gasteiger charge is 2.18. The van der Waals surface area contributed by atoms with Gasteiger partial charge in [0.1, 0.15) is 5.75 Å². The molecule has 4 aromatic rings. The van der Waals surface area contributed by atoms with Crippen molar-refractivity contribution >= 4 is 29.0 Å². The van der Waals surface area contributed by atoms with Crippen molar-refractivity contribution in [2.24, 2.45) is 0 Å². The first-order valence-electron chi connectivity index (χ1n) is 10.2. The predicted octanol–water partition coefficient (Wildman–Crippen LogP) is 4.65. The van der Waals surface area contributed by atoms with Gasteiger partial charge in [0.2, 0.25) is 5.91 Å². The number of hydrogen-bond acceptors (Lipinski definition) is 6. The van der Waals surface area contributed by atoms with Crippen LogP contribution in [0.5, 0.6) is 5.75 Å². The van der Waals surface area contributed by atoms with Crippen LogP contribution in [0.4, 0.5) is 11.4 Å². The molecule has 3 aromatic carbocycles. The Balaban J connectivity index is 1.57. The third-order valence-electron chi connectivity index (χ3n) is 4.59. The molecule has 3 N–H and O–H groups in total. The molecule has 32 heavy (non-hydrogen) atoms. The lowest BCUT2D eigenvalue weighted by atomic mass is 10.2. The SMILES string of the molecule is CCOc1ccccc1NC(=O)CSc1nnc(-c2cccc(N)c2)n1-c1ccccc1. The Bertz CT molecular complexity index is 1210. The van der Waals surface area contributed by atoms with Gasteiger partial charge in [0.15, 0.2) is 11.0 Å². The third kappa shape index (κ3) is 4.92. The number of thioether (sulfide) groups is 1. The maximum Gasteiger partial charge on any atom is 0.234 e. The Labute approximate surface area is 190 Å². The van der Waals surface area contributed by atoms with Crippen molar-refractivity contribution in [3.8, 4) is 22.8 Å². The molecule has 0 atom stereocenters. The van der Waals surface area contributed by atoms with E-state index in [-0.39, 0.29) is 11.7 Å². The van der Waals surface area contributed by atoms with Crippen LogP contribution >= 0.6 is 11.8 Å². The van der Waals surface area contributed by atoms with Crippen molar-refractivity contribution in [1.82, 2.24) is 14.8 Å². The van der Waals surface area contributed by atoms with Crippen molar-refractivity contribution in [1.29, 1.82) is 0 Å². The first kappa shape index (κ1) is 21.5. The standard InChI is InChI=1S/C24H23N5O2S/c1-2-31-21-14-7-6-13-20(21)26-22(30)16-32-24-28-27-23(17-9-8-10-18(25)15-17)29(24)19-11-4-3-5-12-19/h3-15H,2,16,25H2,1H3,(H,26,30). The minimum Gasteiger partial charge on any atom is -0.492 e. The lowest BCUT2D eigenvalue weighted by molar-refractivity contribution is -0.113. The van der Waals surface area contributed by atoms with Gasteiger partial charge in [-0.3, -0.25) is 9.36 Å². The van der Waals surface area contributed by atoms with Gasteiger partial charge >= 0.3 is 0 Å². The number of rotatable bonds is 8. The average molecular weight is 446 g/mol. The van der Waals surface area contributed by atoms with Crippen LogP contribution in [0.3, 0.4) is 0 Å². The minimum absolute atomic E-state index is 0.157. The molecular formula is C24H23N5O2S. The van der Waals surface area contributed by atoms with Gasteiger partial charge < -0.3 is 15.8 Å². The van der Waals surface area contributed by atoms with Crippen molar-refractivity contribution in [2.75, 3.05) is 23.4 Å². The molecule has 162 valence electrons. The molecule has 0 spiro atoms. The smallest absolute Gasteiger partial charge is 0.234 e. The van der Waals surface area contributed by atoms with Crippen molar-refractivity contribution in [2.45, 2.75) is 12.1 Å². The molecule has 0 bridgehead atoms. The number of nitrogens with zero attached hydrogens (tertiary/aromatic N) is 3. The molecule has 8 heteroatoms. The zero-order chi connectivity index (χ0) is 22.3. The summed E-state index contributed by atoms with van der Waals surface area (Å²) >= 11 is 1.31. The largest absolute Gasteiger partial charge is 0.492 e. The number of para-hydroxylation sites is 3. The number of benzene rings is 3. The summed E-state index contributed by atoms with van der Waals surface area (Å²) in [6.07, 6.45) is 0. The van der Waals surface area contributed by atoms with E-state index in [1.54, 1.807) is 0 Å². The number of nitrogen functional groups attached to an aromatic ring is 1. The van der Waals surface area contributed by atoms with E-state index in [0.717, 1.165) is 11.3 Å². The highest BCUT2D eigenvalue weighted by molar-refractivity contribution is 7.99. The van der Waals surface area contributed by atoms with Crippen LogP contribution in [0.1, 0.15) is 6.92 Å². The van der Waals surface area contributed by atoms with E-state index in [1.165, 1.54) is 11.8 Å². The number of nitrogens with two attached hydrogens (primary N) is 1. The highest BCUT2D eigenvalue weighted by atomic mass is 32.2. The summed E-state index contributed by atoms with van der Waals surface area (Å²) in [6.45, 7) is 2.43. The van der Waals surface area contributed by atoms with E-state index in [1.807, 2.05) is 90.4 Å². The molecule has 0 fully saturated rings. The second-order valence-electron chi connectivity index (χ2n) is 6.87. The maximum atomic E-state index is 12.7. The Hall–Kier alpha value is -3.78. The highest BCUT2D eigenvalue weighted by Crippen LogP contribution is 2.29. The van der Waals surface area contributed by atoms with Crippen molar-refractivity contribution < 1.29 is 9.53 Å². The summed E-state index contributed by atoms with van der Waals surface area (Å²) in [5, 5.41) is 12.3. The molecular weight excluding hydrogens is 422 g/mol. The quantitative estimate of drug-likeness (QED) is 0.303. The fourth-order valence-electron chi connectivity index (χ4n) is 3.21. The molecule has 1 heterocycles. The van der Waals surface area contributed by atoms with E-state index in [0.29, 0.717) is 34.7 Å². The summed E-state index contributed by atoms with van der Waals surface area (Å²) in [4.78, 5) is 12.7. The summed E-state index contributed by atoms with van der Waals surface area (Å²) in [7, 11) is 0. The maximum absolute atomic E-state index is 12.7. The molecule has 0 saturated heterocycles. The minimum atomic E-state index is -0.157. The Morgan fingerprint density at radius 1 is 1.03 bits per heavy atom. The lowest BCUT2D eigenvalue weighted by Gasteiger charge is -2.12. The number of carbonyl (C=O) groups excluding carboxylic acids is 1. The van der Waals surface area contributed by atoms with Gasteiger partial charge in [0.25, 0.3) is 0 Å². The van der Waals surface area contributed by atoms with E-state index in [9.17, 15) is 4.79 Å². The van der Waals surface area contributed by atoms with Crippen LogP contribution in [-0.4, -0.2) is 33.0 Å². The number of hydrogen-bond donors (Lipinski definition) is 2. The van der Waals surface area contributed by atoms with Gasteiger partial charge in [0.05, 0.1) is 18.0 Å². The van der Waals surface area contributed by atoms with Gasteiger partial charge in [-0.05, 0) is 43.3 Å².